The van der Waals surface area contributed by atoms with Crippen molar-refractivity contribution in [3.63, 3.8) is 0 Å². The molecular formula is C19H32N2O6Si. The third kappa shape index (κ3) is 5.15. The first-order valence-electron chi connectivity index (χ1n) is 9.53. The van der Waals surface area contributed by atoms with Gasteiger partial charge in [-0.3, -0.25) is 19.1 Å². The van der Waals surface area contributed by atoms with Crippen LogP contribution in [0.3, 0.4) is 0 Å². The number of nitrogens with zero attached hydrogens (tertiary/aromatic N) is 1. The number of aromatic amines is 1. The molecule has 0 amide bonds. The molecule has 0 radical (unpaired) electrons. The molecule has 0 saturated heterocycles. The maximum atomic E-state index is 12.0. The van der Waals surface area contributed by atoms with E-state index in [0.717, 1.165) is 4.57 Å². The summed E-state index contributed by atoms with van der Waals surface area (Å²) >= 11 is 0. The van der Waals surface area contributed by atoms with Gasteiger partial charge in [0, 0.05) is 11.8 Å². The van der Waals surface area contributed by atoms with Crippen LogP contribution in [0, 0.1) is 6.92 Å². The zero-order chi connectivity index (χ0) is 21.6. The van der Waals surface area contributed by atoms with Crippen molar-refractivity contribution in [2.45, 2.75) is 77.4 Å². The summed E-state index contributed by atoms with van der Waals surface area (Å²) in [6.45, 7) is 14.3. The number of ether oxygens (including phenoxy) is 1. The maximum absolute atomic E-state index is 12.0. The van der Waals surface area contributed by atoms with E-state index in [4.69, 9.17) is 9.16 Å². The molecule has 1 aromatic rings. The normalized spacial score (nSPS) is 14.5. The first-order chi connectivity index (χ1) is 13.0. The minimum atomic E-state index is -2.22. The second-order valence-corrected chi connectivity index (χ2v) is 13.4. The van der Waals surface area contributed by atoms with Gasteiger partial charge in [-0.25, -0.2) is 4.79 Å². The monoisotopic (exact) mass is 412 g/mol. The van der Waals surface area contributed by atoms with Gasteiger partial charge < -0.3 is 14.0 Å². The molecule has 0 aromatic carbocycles. The molecule has 0 spiro atoms. The molecular weight excluding hydrogens is 380 g/mol. The molecule has 1 N–H and O–H groups in total. The van der Waals surface area contributed by atoms with E-state index in [1.165, 1.54) is 13.1 Å². The number of carbonyl (C=O) groups excluding carboxylic acids is 2. The van der Waals surface area contributed by atoms with E-state index in [9.17, 15) is 19.2 Å². The van der Waals surface area contributed by atoms with Crippen molar-refractivity contribution in [1.29, 1.82) is 0 Å². The molecule has 0 saturated carbocycles. The smallest absolute Gasteiger partial charge is 0.330 e. The van der Waals surface area contributed by atoms with Crippen molar-refractivity contribution in [2.24, 2.45) is 0 Å². The lowest BCUT2D eigenvalue weighted by molar-refractivity contribution is -0.139. The lowest BCUT2D eigenvalue weighted by atomic mass is 10.4. The number of aldehydes is 2. The fraction of sp³-hybridized carbons (Fsp3) is 0.684. The lowest BCUT2D eigenvalue weighted by Crippen LogP contribution is -2.49. The second-order valence-electron chi connectivity index (χ2n) is 7.94. The second kappa shape index (κ2) is 10.1. The lowest BCUT2D eigenvalue weighted by Gasteiger charge is -2.42. The molecule has 2 unspecified atom stereocenters. The molecule has 28 heavy (non-hydrogen) atoms. The summed E-state index contributed by atoms with van der Waals surface area (Å²) in [7, 11) is -2.22. The average molecular weight is 413 g/mol. The van der Waals surface area contributed by atoms with Crippen LogP contribution in [0.2, 0.25) is 16.6 Å². The van der Waals surface area contributed by atoms with E-state index in [-0.39, 0.29) is 12.2 Å². The number of hydrogen-bond donors (Lipinski definition) is 1. The first kappa shape index (κ1) is 24.2. The summed E-state index contributed by atoms with van der Waals surface area (Å²) < 4.78 is 12.8. The summed E-state index contributed by atoms with van der Waals surface area (Å²) in [6, 6.07) is 0. The van der Waals surface area contributed by atoms with Gasteiger partial charge in [0.2, 0.25) is 0 Å². The highest BCUT2D eigenvalue weighted by Crippen LogP contribution is 2.42. The molecule has 9 heteroatoms. The van der Waals surface area contributed by atoms with Crippen LogP contribution < -0.4 is 11.2 Å². The van der Waals surface area contributed by atoms with Gasteiger partial charge in [-0.05, 0) is 23.5 Å². The number of rotatable bonds is 11. The Balaban J connectivity index is 3.06. The average Bonchev–Trinajstić information content (AvgIpc) is 2.60. The first-order valence-corrected chi connectivity index (χ1v) is 11.7. The van der Waals surface area contributed by atoms with Crippen molar-refractivity contribution >= 4 is 20.9 Å². The van der Waals surface area contributed by atoms with Gasteiger partial charge in [-0.15, -0.1) is 0 Å². The van der Waals surface area contributed by atoms with Crippen LogP contribution >= 0.6 is 0 Å². The minimum Gasteiger partial charge on any atom is -0.413 e. The fourth-order valence-corrected chi connectivity index (χ4v) is 9.41. The Hall–Kier alpha value is -1.84. The van der Waals surface area contributed by atoms with Crippen molar-refractivity contribution in [2.75, 3.05) is 6.61 Å². The summed E-state index contributed by atoms with van der Waals surface area (Å²) in [5, 5.41) is 0. The Morgan fingerprint density at radius 1 is 1.04 bits per heavy atom. The number of nitrogens with one attached hydrogen (secondary N) is 1. The zero-order valence-electron chi connectivity index (χ0n) is 17.7. The molecule has 1 rings (SSSR count). The highest BCUT2D eigenvalue weighted by Gasteiger charge is 2.45. The van der Waals surface area contributed by atoms with E-state index in [2.05, 4.69) is 46.5 Å². The van der Waals surface area contributed by atoms with Gasteiger partial charge in [0.15, 0.2) is 27.1 Å². The predicted molar refractivity (Wildman–Crippen MR) is 109 cm³/mol. The quantitative estimate of drug-likeness (QED) is 0.441. The van der Waals surface area contributed by atoms with E-state index >= 15 is 0 Å². The number of hydrogen-bond acceptors (Lipinski definition) is 6. The van der Waals surface area contributed by atoms with Crippen LogP contribution in [-0.4, -0.2) is 43.2 Å². The van der Waals surface area contributed by atoms with Crippen LogP contribution in [0.25, 0.3) is 0 Å². The topological polar surface area (TPSA) is 107 Å². The highest BCUT2D eigenvalue weighted by atomic mass is 28.4. The van der Waals surface area contributed by atoms with Crippen molar-refractivity contribution in [1.82, 2.24) is 9.55 Å². The van der Waals surface area contributed by atoms with Crippen molar-refractivity contribution in [3.8, 4) is 0 Å². The van der Waals surface area contributed by atoms with E-state index in [1.54, 1.807) is 0 Å². The largest absolute Gasteiger partial charge is 0.413 e. The molecule has 1 heterocycles. The molecule has 0 aliphatic carbocycles. The third-order valence-electron chi connectivity index (χ3n) is 5.21. The van der Waals surface area contributed by atoms with Crippen LogP contribution in [0.5, 0.6) is 0 Å². The van der Waals surface area contributed by atoms with E-state index in [0.29, 0.717) is 29.2 Å². The molecule has 0 aliphatic heterocycles. The Morgan fingerprint density at radius 3 is 2.00 bits per heavy atom. The third-order valence-corrected chi connectivity index (χ3v) is 11.3. The summed E-state index contributed by atoms with van der Waals surface area (Å²) in [4.78, 5) is 48.7. The Labute approximate surface area is 166 Å². The maximum Gasteiger partial charge on any atom is 0.330 e. The van der Waals surface area contributed by atoms with E-state index in [1.807, 2.05) is 0 Å². The van der Waals surface area contributed by atoms with Crippen molar-refractivity contribution < 1.29 is 18.8 Å². The van der Waals surface area contributed by atoms with Crippen LogP contribution in [0.1, 0.15) is 53.3 Å². The molecule has 0 aliphatic rings. The van der Waals surface area contributed by atoms with E-state index < -0.39 is 31.9 Å². The van der Waals surface area contributed by atoms with Gasteiger partial charge in [0.25, 0.3) is 5.56 Å². The molecule has 0 fully saturated rings. The highest BCUT2D eigenvalue weighted by molar-refractivity contribution is 6.77. The molecule has 158 valence electrons. The number of aryl methyl sites for hydroxylation is 1. The molecule has 8 nitrogen and oxygen atoms in total. The predicted octanol–water partition coefficient (Wildman–Crippen LogP) is 2.32. The summed E-state index contributed by atoms with van der Waals surface area (Å²) in [5.74, 6) is 0. The number of H-pyrrole nitrogens is 1. The molecule has 1 aromatic heterocycles. The minimum absolute atomic E-state index is 0.00564. The van der Waals surface area contributed by atoms with Gasteiger partial charge >= 0.3 is 5.69 Å². The molecule has 0 bridgehead atoms. The standard InChI is InChI=1S/C19H32N2O6Si/c1-12(2)28(13(3)4,14(5)6)26-11-16(9-22)27-17(10-23)21-8-15(7)18(24)20-19(21)25/h8-10,12-14,16-17H,11H2,1-7H3,(H,20,24,25). The van der Waals surface area contributed by atoms with Gasteiger partial charge in [-0.1, -0.05) is 41.5 Å². The van der Waals surface area contributed by atoms with Gasteiger partial charge in [0.05, 0.1) is 6.61 Å². The Morgan fingerprint density at radius 2 is 1.57 bits per heavy atom. The number of aromatic nitrogens is 2. The van der Waals surface area contributed by atoms with Gasteiger partial charge in [0.1, 0.15) is 6.10 Å². The zero-order valence-corrected chi connectivity index (χ0v) is 18.7. The number of carbonyl (C=O) groups is 2. The molecule has 2 atom stereocenters. The fourth-order valence-electron chi connectivity index (χ4n) is 3.95. The van der Waals surface area contributed by atoms with Gasteiger partial charge in [-0.2, -0.15) is 0 Å². The van der Waals surface area contributed by atoms with Crippen molar-refractivity contribution in [3.05, 3.63) is 32.6 Å². The SMILES string of the molecule is Cc1cn(C(C=O)OC(C=O)CO[Si](C(C)C)(C(C)C)C(C)C)c(=O)[nH]c1=O. The Kier molecular flexibility index (Phi) is 8.71. The summed E-state index contributed by atoms with van der Waals surface area (Å²) in [5.41, 5.74) is -0.0977. The van der Waals surface area contributed by atoms with Crippen LogP contribution in [-0.2, 0) is 18.8 Å². The van der Waals surface area contributed by atoms with Crippen LogP contribution in [0.15, 0.2) is 15.8 Å². The van der Waals surface area contributed by atoms with Crippen LogP contribution in [0.4, 0.5) is 0 Å². The summed E-state index contributed by atoms with van der Waals surface area (Å²) in [6.07, 6.45) is -0.140. The Bertz CT molecular complexity index is 762.